The first kappa shape index (κ1) is 12.4. The van der Waals surface area contributed by atoms with E-state index in [9.17, 15) is 0 Å². The molecule has 0 aliphatic heterocycles. The standard InChI is InChI=1S/C15H19N3/c1-3-8-13-14(16)18(11-4-2)15(17-13)12-9-6-5-7-10-12/h4-7,9-10H,2-3,8,11,16H2,1H3. The minimum atomic E-state index is 0.687. The Balaban J connectivity index is 2.51. The van der Waals surface area contributed by atoms with E-state index in [2.05, 4.69) is 30.6 Å². The van der Waals surface area contributed by atoms with Crippen LogP contribution in [0.4, 0.5) is 5.82 Å². The number of hydrogen-bond donors (Lipinski definition) is 1. The molecule has 94 valence electrons. The molecule has 3 heteroatoms. The summed E-state index contributed by atoms with van der Waals surface area (Å²) in [6, 6.07) is 10.1. The Bertz CT molecular complexity index is 526. The first-order chi connectivity index (χ1) is 8.77. The second-order valence-corrected chi connectivity index (χ2v) is 4.28. The molecule has 0 atom stereocenters. The minimum Gasteiger partial charge on any atom is -0.384 e. The monoisotopic (exact) mass is 241 g/mol. The molecule has 0 aliphatic carbocycles. The average molecular weight is 241 g/mol. The highest BCUT2D eigenvalue weighted by Gasteiger charge is 2.14. The van der Waals surface area contributed by atoms with E-state index in [0.717, 1.165) is 35.7 Å². The summed E-state index contributed by atoms with van der Waals surface area (Å²) in [5.41, 5.74) is 8.24. The summed E-state index contributed by atoms with van der Waals surface area (Å²) in [4.78, 5) is 4.68. The second kappa shape index (κ2) is 5.54. The summed E-state index contributed by atoms with van der Waals surface area (Å²) >= 11 is 0. The van der Waals surface area contributed by atoms with E-state index in [4.69, 9.17) is 5.73 Å². The maximum absolute atomic E-state index is 6.17. The van der Waals surface area contributed by atoms with Crippen molar-refractivity contribution in [3.8, 4) is 11.4 Å². The molecular formula is C15H19N3. The molecule has 1 aromatic heterocycles. The van der Waals surface area contributed by atoms with Gasteiger partial charge in [0.05, 0.1) is 5.69 Å². The molecule has 0 spiro atoms. The van der Waals surface area contributed by atoms with Gasteiger partial charge in [-0.2, -0.15) is 0 Å². The van der Waals surface area contributed by atoms with Crippen LogP contribution in [0.15, 0.2) is 43.0 Å². The highest BCUT2D eigenvalue weighted by Crippen LogP contribution is 2.25. The van der Waals surface area contributed by atoms with Crippen molar-refractivity contribution in [1.29, 1.82) is 0 Å². The Morgan fingerprint density at radius 1 is 1.33 bits per heavy atom. The van der Waals surface area contributed by atoms with Crippen LogP contribution in [0.1, 0.15) is 19.0 Å². The lowest BCUT2D eigenvalue weighted by atomic mass is 10.2. The molecule has 1 aromatic carbocycles. The van der Waals surface area contributed by atoms with E-state index in [-0.39, 0.29) is 0 Å². The Hall–Kier alpha value is -2.03. The first-order valence-corrected chi connectivity index (χ1v) is 6.29. The van der Waals surface area contributed by atoms with Gasteiger partial charge in [-0.25, -0.2) is 4.98 Å². The van der Waals surface area contributed by atoms with Crippen LogP contribution in [-0.2, 0) is 13.0 Å². The Kier molecular flexibility index (Phi) is 3.82. The Morgan fingerprint density at radius 3 is 2.67 bits per heavy atom. The summed E-state index contributed by atoms with van der Waals surface area (Å²) in [5.74, 6) is 1.69. The maximum atomic E-state index is 6.17. The third kappa shape index (κ3) is 2.30. The summed E-state index contributed by atoms with van der Waals surface area (Å²) in [7, 11) is 0. The van der Waals surface area contributed by atoms with E-state index in [1.807, 2.05) is 28.8 Å². The predicted molar refractivity (Wildman–Crippen MR) is 76.3 cm³/mol. The Labute approximate surface area is 108 Å². The normalized spacial score (nSPS) is 10.5. The van der Waals surface area contributed by atoms with Crippen LogP contribution >= 0.6 is 0 Å². The summed E-state index contributed by atoms with van der Waals surface area (Å²) < 4.78 is 2.02. The van der Waals surface area contributed by atoms with Gasteiger partial charge >= 0.3 is 0 Å². The van der Waals surface area contributed by atoms with Gasteiger partial charge < -0.3 is 10.3 Å². The number of anilines is 1. The fraction of sp³-hybridized carbons (Fsp3) is 0.267. The molecule has 0 amide bonds. The number of hydrogen-bond acceptors (Lipinski definition) is 2. The van der Waals surface area contributed by atoms with Gasteiger partial charge in [0.25, 0.3) is 0 Å². The van der Waals surface area contributed by atoms with Crippen molar-refractivity contribution >= 4 is 5.82 Å². The highest BCUT2D eigenvalue weighted by atomic mass is 15.1. The van der Waals surface area contributed by atoms with Crippen molar-refractivity contribution in [2.24, 2.45) is 0 Å². The van der Waals surface area contributed by atoms with Crippen molar-refractivity contribution in [3.63, 3.8) is 0 Å². The predicted octanol–water partition coefficient (Wildman–Crippen LogP) is 3.27. The van der Waals surface area contributed by atoms with Crippen molar-refractivity contribution in [2.75, 3.05) is 5.73 Å². The lowest BCUT2D eigenvalue weighted by molar-refractivity contribution is 0.840. The minimum absolute atomic E-state index is 0.687. The largest absolute Gasteiger partial charge is 0.384 e. The maximum Gasteiger partial charge on any atom is 0.142 e. The lowest BCUT2D eigenvalue weighted by Gasteiger charge is -2.06. The van der Waals surface area contributed by atoms with Gasteiger partial charge in [-0.15, -0.1) is 6.58 Å². The smallest absolute Gasteiger partial charge is 0.142 e. The number of nitrogens with zero attached hydrogens (tertiary/aromatic N) is 2. The fourth-order valence-electron chi connectivity index (χ4n) is 2.06. The molecule has 0 bridgehead atoms. The van der Waals surface area contributed by atoms with Crippen LogP contribution in [0, 0.1) is 0 Å². The molecule has 0 fully saturated rings. The molecule has 1 heterocycles. The molecule has 0 radical (unpaired) electrons. The third-order valence-corrected chi connectivity index (χ3v) is 2.91. The molecule has 3 nitrogen and oxygen atoms in total. The number of benzene rings is 1. The van der Waals surface area contributed by atoms with Gasteiger partial charge in [-0.3, -0.25) is 0 Å². The fourth-order valence-corrected chi connectivity index (χ4v) is 2.06. The number of rotatable bonds is 5. The van der Waals surface area contributed by atoms with Crippen LogP contribution in [0.3, 0.4) is 0 Å². The van der Waals surface area contributed by atoms with Gasteiger partial charge in [-0.05, 0) is 6.42 Å². The van der Waals surface area contributed by atoms with Gasteiger partial charge in [0, 0.05) is 12.1 Å². The first-order valence-electron chi connectivity index (χ1n) is 6.29. The van der Waals surface area contributed by atoms with Gasteiger partial charge in [0.15, 0.2) is 0 Å². The quantitative estimate of drug-likeness (QED) is 0.816. The number of aromatic nitrogens is 2. The molecular weight excluding hydrogens is 222 g/mol. The molecule has 2 aromatic rings. The summed E-state index contributed by atoms with van der Waals surface area (Å²) in [6.45, 7) is 6.60. The zero-order valence-electron chi connectivity index (χ0n) is 10.8. The number of nitrogens with two attached hydrogens (primary N) is 1. The van der Waals surface area contributed by atoms with Crippen molar-refractivity contribution in [2.45, 2.75) is 26.3 Å². The number of nitrogen functional groups attached to an aromatic ring is 1. The molecule has 2 N–H and O–H groups in total. The molecule has 0 saturated carbocycles. The molecule has 0 aliphatic rings. The Morgan fingerprint density at radius 2 is 2.06 bits per heavy atom. The van der Waals surface area contributed by atoms with Crippen LogP contribution in [-0.4, -0.2) is 9.55 Å². The van der Waals surface area contributed by atoms with E-state index < -0.39 is 0 Å². The summed E-state index contributed by atoms with van der Waals surface area (Å²) in [6.07, 6.45) is 3.81. The lowest BCUT2D eigenvalue weighted by Crippen LogP contribution is -2.04. The zero-order valence-corrected chi connectivity index (χ0v) is 10.8. The van der Waals surface area contributed by atoms with E-state index in [1.165, 1.54) is 0 Å². The molecule has 18 heavy (non-hydrogen) atoms. The number of imidazole rings is 1. The van der Waals surface area contributed by atoms with Crippen LogP contribution < -0.4 is 5.73 Å². The van der Waals surface area contributed by atoms with Gasteiger partial charge in [-0.1, -0.05) is 49.8 Å². The second-order valence-electron chi connectivity index (χ2n) is 4.28. The van der Waals surface area contributed by atoms with E-state index in [0.29, 0.717) is 6.54 Å². The van der Waals surface area contributed by atoms with Crippen molar-refractivity contribution in [3.05, 3.63) is 48.7 Å². The van der Waals surface area contributed by atoms with E-state index >= 15 is 0 Å². The topological polar surface area (TPSA) is 43.8 Å². The van der Waals surface area contributed by atoms with Crippen LogP contribution in [0.5, 0.6) is 0 Å². The van der Waals surface area contributed by atoms with Crippen LogP contribution in [0.25, 0.3) is 11.4 Å². The molecule has 0 saturated heterocycles. The average Bonchev–Trinajstić information content (AvgIpc) is 2.70. The zero-order chi connectivity index (χ0) is 13.0. The molecule has 2 rings (SSSR count). The third-order valence-electron chi connectivity index (χ3n) is 2.91. The van der Waals surface area contributed by atoms with Crippen molar-refractivity contribution < 1.29 is 0 Å². The van der Waals surface area contributed by atoms with Gasteiger partial charge in [0.1, 0.15) is 11.6 Å². The van der Waals surface area contributed by atoms with Crippen LogP contribution in [0.2, 0.25) is 0 Å². The van der Waals surface area contributed by atoms with Gasteiger partial charge in [0.2, 0.25) is 0 Å². The van der Waals surface area contributed by atoms with Crippen molar-refractivity contribution in [1.82, 2.24) is 9.55 Å². The number of aryl methyl sites for hydroxylation is 1. The SMILES string of the molecule is C=CCn1c(-c2ccccc2)nc(CCC)c1N. The van der Waals surface area contributed by atoms with E-state index in [1.54, 1.807) is 0 Å². The molecule has 0 unspecified atom stereocenters. The number of allylic oxidation sites excluding steroid dienone is 1. The summed E-state index contributed by atoms with van der Waals surface area (Å²) in [5, 5.41) is 0. The highest BCUT2D eigenvalue weighted by molar-refractivity contribution is 5.60.